The molecule has 0 spiro atoms. The zero-order valence-electron chi connectivity index (χ0n) is 15.8. The van der Waals surface area contributed by atoms with Crippen molar-refractivity contribution in [3.8, 4) is 11.5 Å². The quantitative estimate of drug-likeness (QED) is 0.677. The molecule has 0 N–H and O–H groups in total. The van der Waals surface area contributed by atoms with Gasteiger partial charge in [-0.2, -0.15) is 13.2 Å². The van der Waals surface area contributed by atoms with Gasteiger partial charge in [-0.05, 0) is 35.9 Å². The maximum atomic E-state index is 12.6. The predicted octanol–water partition coefficient (Wildman–Crippen LogP) is 4.10. The fourth-order valence-corrected chi connectivity index (χ4v) is 2.93. The summed E-state index contributed by atoms with van der Waals surface area (Å²) in [5.74, 6) is 0.627. The number of benzene rings is 2. The minimum absolute atomic E-state index is 0.00437. The van der Waals surface area contributed by atoms with E-state index in [0.29, 0.717) is 35.8 Å². The van der Waals surface area contributed by atoms with Crippen molar-refractivity contribution in [2.75, 3.05) is 20.3 Å². The van der Waals surface area contributed by atoms with Crippen LogP contribution >= 0.6 is 0 Å². The van der Waals surface area contributed by atoms with Crippen LogP contribution in [-0.2, 0) is 17.5 Å². The highest BCUT2D eigenvalue weighted by molar-refractivity contribution is 5.98. The number of fused-ring (bicyclic) bond motifs is 1. The molecule has 2 aromatic carbocycles. The SMILES string of the molecule is CN(Cc1ccc(C(F)(F)F)cc1)C(=O)CCC(=O)c1ccc2c(c1)OCCO2. The third kappa shape index (κ3) is 5.28. The number of rotatable bonds is 6. The van der Waals surface area contributed by atoms with E-state index in [1.807, 2.05) is 0 Å². The van der Waals surface area contributed by atoms with Crippen LogP contribution in [0.4, 0.5) is 13.2 Å². The van der Waals surface area contributed by atoms with E-state index < -0.39 is 11.7 Å². The van der Waals surface area contributed by atoms with Crippen LogP contribution in [-0.4, -0.2) is 36.9 Å². The van der Waals surface area contributed by atoms with Gasteiger partial charge in [0.2, 0.25) is 5.91 Å². The molecule has 1 aliphatic heterocycles. The van der Waals surface area contributed by atoms with Gasteiger partial charge < -0.3 is 14.4 Å². The molecule has 0 aliphatic carbocycles. The van der Waals surface area contributed by atoms with Gasteiger partial charge in [0.05, 0.1) is 5.56 Å². The zero-order valence-corrected chi connectivity index (χ0v) is 15.8. The highest BCUT2D eigenvalue weighted by Gasteiger charge is 2.30. The Kier molecular flexibility index (Phi) is 6.10. The fourth-order valence-electron chi connectivity index (χ4n) is 2.93. The second kappa shape index (κ2) is 8.55. The number of carbonyl (C=O) groups is 2. The Balaban J connectivity index is 1.52. The molecule has 2 aromatic rings. The smallest absolute Gasteiger partial charge is 0.416 e. The first-order valence-corrected chi connectivity index (χ1v) is 9.07. The van der Waals surface area contributed by atoms with E-state index in [4.69, 9.17) is 9.47 Å². The summed E-state index contributed by atoms with van der Waals surface area (Å²) in [6.45, 7) is 1.03. The molecule has 1 amide bonds. The first-order valence-electron chi connectivity index (χ1n) is 9.07. The van der Waals surface area contributed by atoms with Crippen molar-refractivity contribution >= 4 is 11.7 Å². The monoisotopic (exact) mass is 407 g/mol. The Bertz CT molecular complexity index is 894. The lowest BCUT2D eigenvalue weighted by Gasteiger charge is -2.19. The summed E-state index contributed by atoms with van der Waals surface area (Å²) in [7, 11) is 1.55. The number of halogens is 3. The van der Waals surface area contributed by atoms with Gasteiger partial charge in [-0.25, -0.2) is 0 Å². The number of Topliss-reactive ketones (excluding diaryl/α,β-unsaturated/α-hetero) is 1. The summed E-state index contributed by atoms with van der Waals surface area (Å²) < 4.78 is 48.7. The summed E-state index contributed by atoms with van der Waals surface area (Å²) in [6, 6.07) is 9.55. The van der Waals surface area contributed by atoms with E-state index in [0.717, 1.165) is 12.1 Å². The lowest BCUT2D eigenvalue weighted by molar-refractivity contribution is -0.137. The molecule has 0 unspecified atom stereocenters. The van der Waals surface area contributed by atoms with Crippen LogP contribution in [0.15, 0.2) is 42.5 Å². The molecule has 0 aromatic heterocycles. The lowest BCUT2D eigenvalue weighted by atomic mass is 10.1. The number of alkyl halides is 3. The Morgan fingerprint density at radius 1 is 0.966 bits per heavy atom. The molecule has 0 radical (unpaired) electrons. The number of hydrogen-bond acceptors (Lipinski definition) is 4. The Morgan fingerprint density at radius 3 is 2.28 bits per heavy atom. The van der Waals surface area contributed by atoms with Crippen LogP contribution in [0.1, 0.15) is 34.3 Å². The summed E-state index contributed by atoms with van der Waals surface area (Å²) in [5, 5.41) is 0. The van der Waals surface area contributed by atoms with Gasteiger partial charge in [0.15, 0.2) is 17.3 Å². The lowest BCUT2D eigenvalue weighted by Crippen LogP contribution is -2.26. The van der Waals surface area contributed by atoms with Crippen LogP contribution in [0.2, 0.25) is 0 Å². The highest BCUT2D eigenvalue weighted by atomic mass is 19.4. The normalized spacial score (nSPS) is 13.1. The first kappa shape index (κ1) is 20.7. The molecular weight excluding hydrogens is 387 g/mol. The largest absolute Gasteiger partial charge is 0.486 e. The van der Waals surface area contributed by atoms with Gasteiger partial charge in [-0.1, -0.05) is 12.1 Å². The van der Waals surface area contributed by atoms with Gasteiger partial charge in [-0.3, -0.25) is 9.59 Å². The third-order valence-electron chi connectivity index (χ3n) is 4.56. The number of nitrogens with zero attached hydrogens (tertiary/aromatic N) is 1. The van der Waals surface area contributed by atoms with Gasteiger partial charge in [0, 0.05) is 32.0 Å². The van der Waals surface area contributed by atoms with E-state index in [1.54, 1.807) is 25.2 Å². The minimum atomic E-state index is -4.39. The standard InChI is InChI=1S/C21H20F3NO4/c1-25(13-14-2-5-16(6-3-14)21(22,23)24)20(27)9-7-17(26)15-4-8-18-19(12-15)29-11-10-28-18/h2-6,8,12H,7,9-11,13H2,1H3. The molecule has 1 heterocycles. The molecule has 154 valence electrons. The van der Waals surface area contributed by atoms with E-state index >= 15 is 0 Å². The van der Waals surface area contributed by atoms with Crippen LogP contribution in [0.3, 0.4) is 0 Å². The molecular formula is C21H20F3NO4. The van der Waals surface area contributed by atoms with Gasteiger partial charge in [-0.15, -0.1) is 0 Å². The Morgan fingerprint density at radius 2 is 1.62 bits per heavy atom. The third-order valence-corrected chi connectivity index (χ3v) is 4.56. The van der Waals surface area contributed by atoms with E-state index in [1.165, 1.54) is 17.0 Å². The topological polar surface area (TPSA) is 55.8 Å². The average Bonchev–Trinajstić information content (AvgIpc) is 2.71. The molecule has 0 atom stereocenters. The molecule has 5 nitrogen and oxygen atoms in total. The molecule has 3 rings (SSSR count). The van der Waals surface area contributed by atoms with Gasteiger partial charge in [0.25, 0.3) is 0 Å². The van der Waals surface area contributed by atoms with E-state index in [9.17, 15) is 22.8 Å². The van der Waals surface area contributed by atoms with E-state index in [-0.39, 0.29) is 31.1 Å². The second-order valence-corrected chi connectivity index (χ2v) is 6.73. The molecule has 0 bridgehead atoms. The summed E-state index contributed by atoms with van der Waals surface area (Å²) in [6.07, 6.45) is -4.37. The first-order chi connectivity index (χ1) is 13.7. The number of carbonyl (C=O) groups excluding carboxylic acids is 2. The molecule has 1 aliphatic rings. The number of ketones is 1. The highest BCUT2D eigenvalue weighted by Crippen LogP contribution is 2.31. The van der Waals surface area contributed by atoms with Crippen LogP contribution in [0.25, 0.3) is 0 Å². The van der Waals surface area contributed by atoms with E-state index in [2.05, 4.69) is 0 Å². The van der Waals surface area contributed by atoms with Crippen molar-refractivity contribution in [1.82, 2.24) is 4.90 Å². The zero-order chi connectivity index (χ0) is 21.0. The summed E-state index contributed by atoms with van der Waals surface area (Å²) in [4.78, 5) is 26.1. The van der Waals surface area contributed by atoms with Gasteiger partial charge in [0.1, 0.15) is 13.2 Å². The average molecular weight is 407 g/mol. The van der Waals surface area contributed by atoms with Crippen molar-refractivity contribution < 1.29 is 32.2 Å². The van der Waals surface area contributed by atoms with Gasteiger partial charge >= 0.3 is 6.18 Å². The second-order valence-electron chi connectivity index (χ2n) is 6.73. The minimum Gasteiger partial charge on any atom is -0.486 e. The van der Waals surface area contributed by atoms with Crippen molar-refractivity contribution in [1.29, 1.82) is 0 Å². The predicted molar refractivity (Wildman–Crippen MR) is 98.9 cm³/mol. The summed E-state index contributed by atoms with van der Waals surface area (Å²) in [5.41, 5.74) is 0.278. The molecule has 0 fully saturated rings. The van der Waals surface area contributed by atoms with Crippen LogP contribution < -0.4 is 9.47 Å². The maximum absolute atomic E-state index is 12.6. The maximum Gasteiger partial charge on any atom is 0.416 e. The summed E-state index contributed by atoms with van der Waals surface area (Å²) >= 11 is 0. The van der Waals surface area contributed by atoms with Crippen molar-refractivity contribution in [3.05, 3.63) is 59.2 Å². The molecule has 29 heavy (non-hydrogen) atoms. The molecule has 8 heteroatoms. The Labute approximate surface area is 166 Å². The Hall–Kier alpha value is -3.03. The van der Waals surface area contributed by atoms with Crippen LogP contribution in [0.5, 0.6) is 11.5 Å². The van der Waals surface area contributed by atoms with Crippen molar-refractivity contribution in [3.63, 3.8) is 0 Å². The number of amides is 1. The fraction of sp³-hybridized carbons (Fsp3) is 0.333. The van der Waals surface area contributed by atoms with Crippen LogP contribution in [0, 0.1) is 0 Å². The number of ether oxygens (including phenoxy) is 2. The molecule has 0 saturated heterocycles. The van der Waals surface area contributed by atoms with Crippen molar-refractivity contribution in [2.24, 2.45) is 0 Å². The van der Waals surface area contributed by atoms with Crippen molar-refractivity contribution in [2.45, 2.75) is 25.6 Å². The molecule has 0 saturated carbocycles. The number of hydrogen-bond donors (Lipinski definition) is 0.